The largest absolute Gasteiger partial charge is 0.257 e. The lowest BCUT2D eigenvalue weighted by molar-refractivity contribution is 0.122. The van der Waals surface area contributed by atoms with Crippen LogP contribution in [0.3, 0.4) is 0 Å². The van der Waals surface area contributed by atoms with Gasteiger partial charge in [0.1, 0.15) is 18.7 Å². The molecule has 0 fully saturated rings. The van der Waals surface area contributed by atoms with Gasteiger partial charge in [-0.3, -0.25) is 4.68 Å². The lowest BCUT2D eigenvalue weighted by Crippen LogP contribution is -2.10. The van der Waals surface area contributed by atoms with Crippen molar-refractivity contribution >= 4 is 23.2 Å². The van der Waals surface area contributed by atoms with E-state index in [2.05, 4.69) is 20.2 Å². The molecule has 11 heteroatoms. The molecular formula is C21H17Cl2F3N6. The summed E-state index contributed by atoms with van der Waals surface area (Å²) in [5, 5.41) is 9.41. The van der Waals surface area contributed by atoms with Gasteiger partial charge < -0.3 is 0 Å². The van der Waals surface area contributed by atoms with Crippen LogP contribution in [-0.2, 0) is 13.0 Å². The van der Waals surface area contributed by atoms with Crippen LogP contribution in [0.25, 0.3) is 17.1 Å². The monoisotopic (exact) mass is 480 g/mol. The molecule has 166 valence electrons. The normalized spacial score (nSPS) is 11.5. The molecule has 0 unspecified atom stereocenters. The predicted octanol–water partition coefficient (Wildman–Crippen LogP) is 5.44. The van der Waals surface area contributed by atoms with Gasteiger partial charge in [-0.1, -0.05) is 23.2 Å². The van der Waals surface area contributed by atoms with E-state index in [0.29, 0.717) is 39.2 Å². The lowest BCUT2D eigenvalue weighted by Gasteiger charge is -2.07. The average Bonchev–Trinajstić information content (AvgIpc) is 3.19. The smallest absolute Gasteiger partial charge is 0.257 e. The first kappa shape index (κ1) is 22.3. The van der Waals surface area contributed by atoms with Gasteiger partial charge in [0.15, 0.2) is 5.82 Å². The van der Waals surface area contributed by atoms with Gasteiger partial charge in [0.25, 0.3) is 6.43 Å². The minimum atomic E-state index is -2.64. The van der Waals surface area contributed by atoms with Crippen LogP contribution in [0.15, 0.2) is 36.7 Å². The molecule has 0 bridgehead atoms. The van der Waals surface area contributed by atoms with Crippen molar-refractivity contribution in [2.24, 2.45) is 0 Å². The number of hydrogen-bond donors (Lipinski definition) is 0. The third-order valence-corrected chi connectivity index (χ3v) is 5.81. The number of nitrogens with zero attached hydrogens (tertiary/aromatic N) is 6. The third kappa shape index (κ3) is 4.35. The predicted molar refractivity (Wildman–Crippen MR) is 115 cm³/mol. The molecule has 0 saturated heterocycles. The maximum atomic E-state index is 13.3. The first-order valence-corrected chi connectivity index (χ1v) is 10.3. The Kier molecular flexibility index (Phi) is 6.21. The zero-order valence-corrected chi connectivity index (χ0v) is 18.5. The van der Waals surface area contributed by atoms with E-state index in [1.807, 2.05) is 6.92 Å². The van der Waals surface area contributed by atoms with E-state index in [1.165, 1.54) is 30.6 Å². The lowest BCUT2D eigenvalue weighted by atomic mass is 10.1. The Balaban J connectivity index is 1.72. The fourth-order valence-corrected chi connectivity index (χ4v) is 3.79. The number of halogens is 5. The van der Waals surface area contributed by atoms with E-state index in [4.69, 9.17) is 23.2 Å². The van der Waals surface area contributed by atoms with Crippen LogP contribution in [0, 0.1) is 19.7 Å². The molecule has 0 saturated carbocycles. The highest BCUT2D eigenvalue weighted by atomic mass is 35.5. The van der Waals surface area contributed by atoms with Crippen molar-refractivity contribution in [2.45, 2.75) is 33.2 Å². The molecule has 0 radical (unpaired) electrons. The van der Waals surface area contributed by atoms with E-state index >= 15 is 0 Å². The summed E-state index contributed by atoms with van der Waals surface area (Å²) in [5.74, 6) is 0.0622. The third-order valence-electron chi connectivity index (χ3n) is 4.87. The van der Waals surface area contributed by atoms with Crippen LogP contribution < -0.4 is 0 Å². The Morgan fingerprint density at radius 1 is 1.00 bits per heavy atom. The van der Waals surface area contributed by atoms with E-state index in [0.717, 1.165) is 10.4 Å². The molecule has 0 aliphatic rings. The molecule has 0 amide bonds. The highest BCUT2D eigenvalue weighted by molar-refractivity contribution is 6.33. The summed E-state index contributed by atoms with van der Waals surface area (Å²) >= 11 is 12.8. The molecule has 0 aliphatic heterocycles. The van der Waals surface area contributed by atoms with Crippen molar-refractivity contribution in [1.29, 1.82) is 0 Å². The van der Waals surface area contributed by atoms with Crippen LogP contribution in [-0.4, -0.2) is 36.0 Å². The van der Waals surface area contributed by atoms with E-state index < -0.39 is 18.8 Å². The molecule has 0 N–H and O–H groups in total. The molecule has 0 aliphatic carbocycles. The number of aryl methyl sites for hydroxylation is 1. The fraction of sp³-hybridized carbons (Fsp3) is 0.238. The Labute approximate surface area is 191 Å². The Morgan fingerprint density at radius 2 is 1.72 bits per heavy atom. The second-order valence-electron chi connectivity index (χ2n) is 7.13. The van der Waals surface area contributed by atoms with Crippen LogP contribution >= 0.6 is 23.2 Å². The Hall–Kier alpha value is -2.91. The number of hydrogen-bond acceptors (Lipinski definition) is 4. The molecule has 0 spiro atoms. The Bertz CT molecular complexity index is 1270. The van der Waals surface area contributed by atoms with Crippen LogP contribution in [0.4, 0.5) is 13.2 Å². The van der Waals surface area contributed by atoms with Gasteiger partial charge in [0, 0.05) is 18.1 Å². The number of alkyl halides is 2. The number of rotatable bonds is 6. The second-order valence-corrected chi connectivity index (χ2v) is 7.89. The topological polar surface area (TPSA) is 61.4 Å². The van der Waals surface area contributed by atoms with Gasteiger partial charge in [-0.25, -0.2) is 27.8 Å². The minimum absolute atomic E-state index is 0.172. The van der Waals surface area contributed by atoms with Crippen molar-refractivity contribution < 1.29 is 13.2 Å². The summed E-state index contributed by atoms with van der Waals surface area (Å²) in [6.45, 7) is 2.97. The molecule has 1 aromatic carbocycles. The number of benzene rings is 1. The molecule has 6 nitrogen and oxygen atoms in total. The fourth-order valence-electron chi connectivity index (χ4n) is 3.37. The molecule has 0 atom stereocenters. The van der Waals surface area contributed by atoms with Crippen molar-refractivity contribution in [3.63, 3.8) is 0 Å². The van der Waals surface area contributed by atoms with Crippen molar-refractivity contribution in [2.75, 3.05) is 0 Å². The minimum Gasteiger partial charge on any atom is -0.257 e. The summed E-state index contributed by atoms with van der Waals surface area (Å²) in [7, 11) is 0. The zero-order chi connectivity index (χ0) is 23.0. The first-order valence-electron chi connectivity index (χ1n) is 9.57. The molecule has 32 heavy (non-hydrogen) atoms. The van der Waals surface area contributed by atoms with Gasteiger partial charge in [-0.05, 0) is 38.1 Å². The van der Waals surface area contributed by atoms with Gasteiger partial charge in [0.05, 0.1) is 38.5 Å². The summed E-state index contributed by atoms with van der Waals surface area (Å²) in [6, 6.07) is 7.12. The maximum absolute atomic E-state index is 13.3. The molecule has 4 rings (SSSR count). The first-order chi connectivity index (χ1) is 15.2. The van der Waals surface area contributed by atoms with Crippen molar-refractivity contribution in [3.8, 4) is 17.1 Å². The summed E-state index contributed by atoms with van der Waals surface area (Å²) in [4.78, 5) is 8.50. The number of aromatic nitrogens is 6. The summed E-state index contributed by atoms with van der Waals surface area (Å²) in [6.07, 6.45) is -1.09. The van der Waals surface area contributed by atoms with E-state index in [-0.39, 0.29) is 11.4 Å². The van der Waals surface area contributed by atoms with E-state index in [1.54, 1.807) is 17.7 Å². The van der Waals surface area contributed by atoms with E-state index in [9.17, 15) is 13.2 Å². The zero-order valence-electron chi connectivity index (χ0n) is 17.0. The van der Waals surface area contributed by atoms with Crippen LogP contribution in [0.2, 0.25) is 10.0 Å². The Morgan fingerprint density at radius 3 is 2.34 bits per heavy atom. The highest BCUT2D eigenvalue weighted by Crippen LogP contribution is 2.33. The van der Waals surface area contributed by atoms with Gasteiger partial charge >= 0.3 is 0 Å². The van der Waals surface area contributed by atoms with Gasteiger partial charge in [0.2, 0.25) is 0 Å². The van der Waals surface area contributed by atoms with Crippen LogP contribution in [0.1, 0.15) is 22.8 Å². The van der Waals surface area contributed by atoms with Gasteiger partial charge in [-0.15, -0.1) is 0 Å². The molecule has 3 aromatic heterocycles. The summed E-state index contributed by atoms with van der Waals surface area (Å²) < 4.78 is 42.4. The molecule has 4 aromatic rings. The SMILES string of the molecule is Cc1nn(-c2cc(Cc3nn(CC(F)F)c(-c4ccc(F)cc4)c3Cl)ncn2)c(C)c1Cl. The highest BCUT2D eigenvalue weighted by Gasteiger charge is 2.21. The second kappa shape index (κ2) is 8.91. The summed E-state index contributed by atoms with van der Waals surface area (Å²) in [5.41, 5.74) is 3.10. The van der Waals surface area contributed by atoms with Crippen molar-refractivity contribution in [3.05, 3.63) is 75.3 Å². The maximum Gasteiger partial charge on any atom is 0.257 e. The average molecular weight is 481 g/mol. The molecule has 3 heterocycles. The van der Waals surface area contributed by atoms with Crippen molar-refractivity contribution in [1.82, 2.24) is 29.5 Å². The van der Waals surface area contributed by atoms with Crippen LogP contribution in [0.5, 0.6) is 0 Å². The quantitative estimate of drug-likeness (QED) is 0.368. The standard InChI is InChI=1S/C21H17Cl2F3N6/c1-11-19(22)12(2)32(29-11)18-8-15(27-10-28-18)7-16-20(23)21(31(30-16)9-17(25)26)13-3-5-14(24)6-4-13/h3-6,8,10,17H,7,9H2,1-2H3. The van der Waals surface area contributed by atoms with Gasteiger partial charge in [-0.2, -0.15) is 10.2 Å². The molecular weight excluding hydrogens is 464 g/mol.